The molecular formula is C20H20N2O2. The highest BCUT2D eigenvalue weighted by molar-refractivity contribution is 5.86. The lowest BCUT2D eigenvalue weighted by Gasteiger charge is -2.42. The van der Waals surface area contributed by atoms with E-state index >= 15 is 0 Å². The lowest BCUT2D eigenvalue weighted by molar-refractivity contribution is -0.121. The van der Waals surface area contributed by atoms with Gasteiger partial charge in [-0.05, 0) is 30.5 Å². The number of hydrogen-bond donors (Lipinski definition) is 1. The number of rotatable bonds is 5. The van der Waals surface area contributed by atoms with Crippen LogP contribution in [-0.4, -0.2) is 17.6 Å². The predicted molar refractivity (Wildman–Crippen MR) is 92.7 cm³/mol. The fourth-order valence-corrected chi connectivity index (χ4v) is 3.51. The Hall–Kier alpha value is -2.62. The fourth-order valence-electron chi connectivity index (χ4n) is 3.51. The third kappa shape index (κ3) is 2.68. The number of carbonyl (C=O) groups is 1. The summed E-state index contributed by atoms with van der Waals surface area (Å²) in [5.41, 5.74) is 2.84. The van der Waals surface area contributed by atoms with Crippen LogP contribution in [0.2, 0.25) is 0 Å². The van der Waals surface area contributed by atoms with Gasteiger partial charge in [-0.25, -0.2) is 0 Å². The third-order valence-electron chi connectivity index (χ3n) is 5.10. The summed E-state index contributed by atoms with van der Waals surface area (Å²) in [6.07, 6.45) is 3.73. The van der Waals surface area contributed by atoms with Crippen molar-refractivity contribution in [2.45, 2.75) is 31.1 Å². The molecule has 0 aliphatic heterocycles. The van der Waals surface area contributed by atoms with E-state index in [1.54, 1.807) is 0 Å². The largest absolute Gasteiger partial charge is 0.356 e. The maximum absolute atomic E-state index is 12.4. The van der Waals surface area contributed by atoms with Crippen LogP contribution in [0.25, 0.3) is 11.0 Å². The molecule has 0 saturated heterocycles. The van der Waals surface area contributed by atoms with Crippen molar-refractivity contribution >= 4 is 16.9 Å². The minimum absolute atomic E-state index is 0.00346. The quantitative estimate of drug-likeness (QED) is 0.781. The summed E-state index contributed by atoms with van der Waals surface area (Å²) in [7, 11) is 0. The molecule has 24 heavy (non-hydrogen) atoms. The van der Waals surface area contributed by atoms with Gasteiger partial charge in [0.05, 0.1) is 6.42 Å². The number of nitrogens with zero attached hydrogens (tertiary/aromatic N) is 1. The Balaban J connectivity index is 1.43. The van der Waals surface area contributed by atoms with Crippen LogP contribution >= 0.6 is 0 Å². The van der Waals surface area contributed by atoms with Gasteiger partial charge >= 0.3 is 0 Å². The second kappa shape index (κ2) is 6.11. The molecule has 1 aliphatic rings. The van der Waals surface area contributed by atoms with Crippen LogP contribution in [0, 0.1) is 0 Å². The van der Waals surface area contributed by atoms with E-state index in [1.807, 2.05) is 30.3 Å². The number of amides is 1. The molecule has 0 spiro atoms. The van der Waals surface area contributed by atoms with E-state index in [2.05, 4.69) is 34.7 Å². The topological polar surface area (TPSA) is 55.1 Å². The van der Waals surface area contributed by atoms with E-state index < -0.39 is 0 Å². The van der Waals surface area contributed by atoms with Gasteiger partial charge in [0.15, 0.2) is 5.58 Å². The Kier molecular flexibility index (Phi) is 3.81. The van der Waals surface area contributed by atoms with Crippen molar-refractivity contribution in [3.8, 4) is 0 Å². The van der Waals surface area contributed by atoms with E-state index in [0.29, 0.717) is 12.2 Å². The van der Waals surface area contributed by atoms with Gasteiger partial charge in [-0.15, -0.1) is 0 Å². The SMILES string of the molecule is O=C(Cc1noc2ccccc12)NCC1(c2ccccc2)CCC1. The van der Waals surface area contributed by atoms with Crippen molar-refractivity contribution in [2.24, 2.45) is 0 Å². The molecule has 0 unspecified atom stereocenters. The van der Waals surface area contributed by atoms with Crippen LogP contribution in [0.4, 0.5) is 0 Å². The lowest BCUT2D eigenvalue weighted by atomic mass is 9.64. The second-order valence-electron chi connectivity index (χ2n) is 6.58. The molecule has 4 heteroatoms. The van der Waals surface area contributed by atoms with Crippen molar-refractivity contribution in [1.82, 2.24) is 10.5 Å². The van der Waals surface area contributed by atoms with Crippen LogP contribution in [0.5, 0.6) is 0 Å². The first kappa shape index (κ1) is 14.9. The third-order valence-corrected chi connectivity index (χ3v) is 5.10. The highest BCUT2D eigenvalue weighted by Gasteiger charge is 2.38. The molecule has 1 aromatic heterocycles. The molecule has 1 N–H and O–H groups in total. The van der Waals surface area contributed by atoms with E-state index in [1.165, 1.54) is 12.0 Å². The molecule has 1 aliphatic carbocycles. The Morgan fingerprint density at radius 3 is 2.58 bits per heavy atom. The molecule has 0 radical (unpaired) electrons. The fraction of sp³-hybridized carbons (Fsp3) is 0.300. The molecule has 3 aromatic rings. The first-order valence-electron chi connectivity index (χ1n) is 8.42. The summed E-state index contributed by atoms with van der Waals surface area (Å²) in [5.74, 6) is -0.00346. The lowest BCUT2D eigenvalue weighted by Crippen LogP contribution is -2.45. The van der Waals surface area contributed by atoms with E-state index in [4.69, 9.17) is 4.52 Å². The maximum Gasteiger partial charge on any atom is 0.226 e. The minimum atomic E-state index is -0.00346. The molecule has 4 nitrogen and oxygen atoms in total. The first-order chi connectivity index (χ1) is 11.8. The van der Waals surface area contributed by atoms with E-state index in [9.17, 15) is 4.79 Å². The van der Waals surface area contributed by atoms with Crippen LogP contribution in [-0.2, 0) is 16.6 Å². The zero-order chi connectivity index (χ0) is 16.4. The molecule has 4 rings (SSSR count). The number of para-hydroxylation sites is 1. The van der Waals surface area contributed by atoms with Gasteiger partial charge in [0.2, 0.25) is 5.91 Å². The second-order valence-corrected chi connectivity index (χ2v) is 6.58. The summed E-state index contributed by atoms with van der Waals surface area (Å²) >= 11 is 0. The highest BCUT2D eigenvalue weighted by Crippen LogP contribution is 2.43. The maximum atomic E-state index is 12.4. The van der Waals surface area contributed by atoms with Gasteiger partial charge in [-0.1, -0.05) is 54.0 Å². The summed E-state index contributed by atoms with van der Waals surface area (Å²) in [4.78, 5) is 12.4. The number of fused-ring (bicyclic) bond motifs is 1. The molecule has 1 saturated carbocycles. The van der Waals surface area contributed by atoms with Crippen LogP contribution in [0.15, 0.2) is 59.1 Å². The normalized spacial score (nSPS) is 15.8. The Morgan fingerprint density at radius 2 is 1.83 bits per heavy atom. The van der Waals surface area contributed by atoms with E-state index in [0.717, 1.165) is 23.8 Å². The molecule has 122 valence electrons. The molecule has 1 heterocycles. The zero-order valence-electron chi connectivity index (χ0n) is 13.5. The predicted octanol–water partition coefficient (Wildman–Crippen LogP) is 3.61. The molecule has 0 atom stereocenters. The van der Waals surface area contributed by atoms with Crippen LogP contribution < -0.4 is 5.32 Å². The van der Waals surface area contributed by atoms with Gasteiger partial charge in [-0.2, -0.15) is 0 Å². The van der Waals surface area contributed by atoms with Crippen molar-refractivity contribution in [3.63, 3.8) is 0 Å². The number of carbonyl (C=O) groups excluding carboxylic acids is 1. The first-order valence-corrected chi connectivity index (χ1v) is 8.42. The van der Waals surface area contributed by atoms with Crippen molar-refractivity contribution in [1.29, 1.82) is 0 Å². The minimum Gasteiger partial charge on any atom is -0.356 e. The van der Waals surface area contributed by atoms with Crippen molar-refractivity contribution < 1.29 is 9.32 Å². The van der Waals surface area contributed by atoms with Gasteiger partial charge < -0.3 is 9.84 Å². The molecule has 0 bridgehead atoms. The molecule has 1 amide bonds. The average molecular weight is 320 g/mol. The Bertz CT molecular complexity index is 850. The Labute approximate surface area is 140 Å². The molecular weight excluding hydrogens is 300 g/mol. The number of benzene rings is 2. The summed E-state index contributed by atoms with van der Waals surface area (Å²) in [6.45, 7) is 0.686. The molecule has 1 fully saturated rings. The smallest absolute Gasteiger partial charge is 0.226 e. The van der Waals surface area contributed by atoms with Gasteiger partial charge in [-0.3, -0.25) is 4.79 Å². The number of hydrogen-bond acceptors (Lipinski definition) is 3. The zero-order valence-corrected chi connectivity index (χ0v) is 13.5. The standard InChI is InChI=1S/C20H20N2O2/c23-19(13-17-16-9-4-5-10-18(16)24-22-17)21-14-20(11-6-12-20)15-7-2-1-3-8-15/h1-5,7-10H,6,11-14H2,(H,21,23). The Morgan fingerprint density at radius 1 is 1.08 bits per heavy atom. The average Bonchev–Trinajstić information content (AvgIpc) is 2.98. The van der Waals surface area contributed by atoms with Crippen LogP contribution in [0.3, 0.4) is 0 Å². The summed E-state index contributed by atoms with van der Waals surface area (Å²) in [5, 5.41) is 8.05. The summed E-state index contributed by atoms with van der Waals surface area (Å²) in [6, 6.07) is 18.1. The van der Waals surface area contributed by atoms with E-state index in [-0.39, 0.29) is 17.7 Å². The highest BCUT2D eigenvalue weighted by atomic mass is 16.5. The monoisotopic (exact) mass is 320 g/mol. The van der Waals surface area contributed by atoms with Gasteiger partial charge in [0.1, 0.15) is 5.69 Å². The van der Waals surface area contributed by atoms with Crippen LogP contribution in [0.1, 0.15) is 30.5 Å². The summed E-state index contributed by atoms with van der Waals surface area (Å²) < 4.78 is 5.27. The van der Waals surface area contributed by atoms with Crippen molar-refractivity contribution in [3.05, 3.63) is 65.9 Å². The number of nitrogens with one attached hydrogen (secondary N) is 1. The van der Waals surface area contributed by atoms with Crippen molar-refractivity contribution in [2.75, 3.05) is 6.54 Å². The van der Waals surface area contributed by atoms with Gasteiger partial charge in [0.25, 0.3) is 0 Å². The number of aromatic nitrogens is 1. The molecule has 2 aromatic carbocycles. The van der Waals surface area contributed by atoms with Gasteiger partial charge in [0, 0.05) is 17.3 Å².